The van der Waals surface area contributed by atoms with Crippen molar-refractivity contribution in [1.29, 1.82) is 0 Å². The van der Waals surface area contributed by atoms with Crippen LogP contribution in [-0.4, -0.2) is 22.4 Å². The van der Waals surface area contributed by atoms with Crippen molar-refractivity contribution in [2.45, 2.75) is 13.5 Å². The van der Waals surface area contributed by atoms with Gasteiger partial charge >= 0.3 is 6.09 Å². The fourth-order valence-corrected chi connectivity index (χ4v) is 2.67. The third-order valence-corrected chi connectivity index (χ3v) is 3.92. The molecule has 128 valence electrons. The van der Waals surface area contributed by atoms with Crippen molar-refractivity contribution in [3.05, 3.63) is 59.1 Å². The number of nitrogens with zero attached hydrogens (tertiary/aromatic N) is 3. The molecule has 0 aliphatic carbocycles. The van der Waals surface area contributed by atoms with Gasteiger partial charge in [-0.15, -0.1) is 5.11 Å². The molecule has 0 saturated heterocycles. The molecule has 1 amide bonds. The number of fused-ring (bicyclic) bond motifs is 1. The van der Waals surface area contributed by atoms with E-state index in [0.29, 0.717) is 17.0 Å². The van der Waals surface area contributed by atoms with E-state index in [-0.39, 0.29) is 18.2 Å². The van der Waals surface area contributed by atoms with Crippen molar-refractivity contribution in [3.8, 4) is 5.88 Å². The second-order valence-electron chi connectivity index (χ2n) is 5.30. The molecule has 1 N–H and O–H groups in total. The molecule has 0 aliphatic rings. The molecule has 25 heavy (non-hydrogen) atoms. The quantitative estimate of drug-likeness (QED) is 0.644. The SMILES string of the molecule is CCOC(=O)N=Nc1c(O)n(Cc2ccc(Cl)cc2)c2ccccc12. The van der Waals surface area contributed by atoms with E-state index < -0.39 is 6.09 Å². The van der Waals surface area contributed by atoms with Crippen LogP contribution in [0.2, 0.25) is 5.02 Å². The van der Waals surface area contributed by atoms with Crippen LogP contribution in [-0.2, 0) is 11.3 Å². The Morgan fingerprint density at radius 1 is 1.20 bits per heavy atom. The summed E-state index contributed by atoms with van der Waals surface area (Å²) in [5, 5.41) is 19.3. The second kappa shape index (κ2) is 7.36. The van der Waals surface area contributed by atoms with Gasteiger partial charge in [0.2, 0.25) is 5.88 Å². The Labute approximate surface area is 149 Å². The standard InChI is InChI=1S/C18H16ClN3O3/c1-2-25-18(24)21-20-16-14-5-3-4-6-15(14)22(17(16)23)11-12-7-9-13(19)10-8-12/h3-10,23H,2,11H2,1H3. The largest absolute Gasteiger partial charge is 0.493 e. The van der Waals surface area contributed by atoms with Gasteiger partial charge < -0.3 is 14.4 Å². The normalized spacial score (nSPS) is 11.3. The van der Waals surface area contributed by atoms with E-state index in [2.05, 4.69) is 10.2 Å². The fourth-order valence-electron chi connectivity index (χ4n) is 2.55. The zero-order valence-corrected chi connectivity index (χ0v) is 14.3. The van der Waals surface area contributed by atoms with Crippen LogP contribution in [0.1, 0.15) is 12.5 Å². The average molecular weight is 358 g/mol. The van der Waals surface area contributed by atoms with Crippen LogP contribution in [0.4, 0.5) is 10.5 Å². The van der Waals surface area contributed by atoms with Gasteiger partial charge in [0.15, 0.2) is 5.69 Å². The lowest BCUT2D eigenvalue weighted by Crippen LogP contribution is -1.98. The molecule has 0 saturated carbocycles. The minimum Gasteiger partial charge on any atom is -0.493 e. The number of hydrogen-bond donors (Lipinski definition) is 1. The molecule has 0 bridgehead atoms. The number of carbonyl (C=O) groups is 1. The van der Waals surface area contributed by atoms with Crippen molar-refractivity contribution < 1.29 is 14.6 Å². The zero-order chi connectivity index (χ0) is 17.8. The number of ether oxygens (including phenoxy) is 1. The van der Waals surface area contributed by atoms with Crippen LogP contribution in [0.3, 0.4) is 0 Å². The van der Waals surface area contributed by atoms with Gasteiger partial charge in [0, 0.05) is 10.4 Å². The number of amides is 1. The molecule has 1 aromatic heterocycles. The molecule has 6 nitrogen and oxygen atoms in total. The van der Waals surface area contributed by atoms with Crippen molar-refractivity contribution >= 4 is 34.3 Å². The van der Waals surface area contributed by atoms with E-state index in [4.69, 9.17) is 16.3 Å². The highest BCUT2D eigenvalue weighted by molar-refractivity contribution is 6.30. The summed E-state index contributed by atoms with van der Waals surface area (Å²) < 4.78 is 6.44. The molecule has 0 radical (unpaired) electrons. The molecule has 7 heteroatoms. The van der Waals surface area contributed by atoms with Gasteiger partial charge in [-0.2, -0.15) is 0 Å². The van der Waals surface area contributed by atoms with E-state index in [1.807, 2.05) is 36.4 Å². The average Bonchev–Trinajstić information content (AvgIpc) is 2.87. The summed E-state index contributed by atoms with van der Waals surface area (Å²) in [5.41, 5.74) is 1.99. The first-order valence-electron chi connectivity index (χ1n) is 7.73. The number of azo groups is 1. The van der Waals surface area contributed by atoms with E-state index in [1.165, 1.54) is 0 Å². The van der Waals surface area contributed by atoms with Crippen LogP contribution in [0.25, 0.3) is 10.9 Å². The molecule has 3 rings (SSSR count). The van der Waals surface area contributed by atoms with Crippen molar-refractivity contribution in [2.75, 3.05) is 6.61 Å². The predicted molar refractivity (Wildman–Crippen MR) is 95.7 cm³/mol. The van der Waals surface area contributed by atoms with Crippen LogP contribution in [0.5, 0.6) is 5.88 Å². The number of para-hydroxylation sites is 1. The van der Waals surface area contributed by atoms with E-state index >= 15 is 0 Å². The third kappa shape index (κ3) is 3.64. The molecule has 0 fully saturated rings. The molecule has 0 aliphatic heterocycles. The Kier molecular flexibility index (Phi) is 5.00. The highest BCUT2D eigenvalue weighted by atomic mass is 35.5. The molecule has 3 aromatic rings. The summed E-state index contributed by atoms with van der Waals surface area (Å²) in [5.74, 6) is -0.0656. The monoisotopic (exact) mass is 357 g/mol. The first-order chi connectivity index (χ1) is 12.1. The number of hydrogen-bond acceptors (Lipinski definition) is 4. The molecule has 0 unspecified atom stereocenters. The van der Waals surface area contributed by atoms with E-state index in [1.54, 1.807) is 23.6 Å². The summed E-state index contributed by atoms with van der Waals surface area (Å²) >= 11 is 5.91. The smallest absolute Gasteiger partial charge is 0.452 e. The van der Waals surface area contributed by atoms with Crippen LogP contribution in [0.15, 0.2) is 58.8 Å². The van der Waals surface area contributed by atoms with Crippen molar-refractivity contribution in [3.63, 3.8) is 0 Å². The lowest BCUT2D eigenvalue weighted by Gasteiger charge is -2.07. The highest BCUT2D eigenvalue weighted by Gasteiger charge is 2.17. The molecule has 2 aromatic carbocycles. The second-order valence-corrected chi connectivity index (χ2v) is 5.74. The molecular weight excluding hydrogens is 342 g/mol. The van der Waals surface area contributed by atoms with E-state index in [0.717, 1.165) is 11.1 Å². The van der Waals surface area contributed by atoms with Crippen LogP contribution < -0.4 is 0 Å². The van der Waals surface area contributed by atoms with Crippen LogP contribution >= 0.6 is 11.6 Å². The number of benzene rings is 2. The summed E-state index contributed by atoms with van der Waals surface area (Å²) in [6.45, 7) is 2.32. The maximum atomic E-state index is 11.4. The lowest BCUT2D eigenvalue weighted by atomic mass is 10.2. The summed E-state index contributed by atoms with van der Waals surface area (Å²) in [4.78, 5) is 11.4. The highest BCUT2D eigenvalue weighted by Crippen LogP contribution is 2.39. The van der Waals surface area contributed by atoms with Gasteiger partial charge in [-0.3, -0.25) is 0 Å². The minimum absolute atomic E-state index is 0.0656. The first kappa shape index (κ1) is 17.0. The minimum atomic E-state index is -0.795. The number of rotatable bonds is 4. The third-order valence-electron chi connectivity index (χ3n) is 3.67. The number of aromatic hydroxyl groups is 1. The van der Waals surface area contributed by atoms with E-state index in [9.17, 15) is 9.90 Å². The van der Waals surface area contributed by atoms with Crippen molar-refractivity contribution in [1.82, 2.24) is 4.57 Å². The Bertz CT molecular complexity index is 933. The summed E-state index contributed by atoms with van der Waals surface area (Å²) in [6.07, 6.45) is -0.795. The number of aromatic nitrogens is 1. The zero-order valence-electron chi connectivity index (χ0n) is 13.5. The van der Waals surface area contributed by atoms with Gasteiger partial charge in [-0.05, 0) is 30.7 Å². The van der Waals surface area contributed by atoms with Gasteiger partial charge in [0.1, 0.15) is 0 Å². The fraction of sp³-hybridized carbons (Fsp3) is 0.167. The number of halogens is 1. The Morgan fingerprint density at radius 3 is 2.64 bits per heavy atom. The first-order valence-corrected chi connectivity index (χ1v) is 8.11. The van der Waals surface area contributed by atoms with Gasteiger partial charge in [-0.25, -0.2) is 4.79 Å². The van der Waals surface area contributed by atoms with Gasteiger partial charge in [0.25, 0.3) is 0 Å². The predicted octanol–water partition coefficient (Wildman–Crippen LogP) is 5.29. The lowest BCUT2D eigenvalue weighted by molar-refractivity contribution is 0.162. The molecule has 0 atom stereocenters. The molecule has 1 heterocycles. The van der Waals surface area contributed by atoms with Crippen molar-refractivity contribution in [2.24, 2.45) is 10.2 Å². The Hall–Kier alpha value is -2.86. The summed E-state index contributed by atoms with van der Waals surface area (Å²) in [6, 6.07) is 14.7. The van der Waals surface area contributed by atoms with Gasteiger partial charge in [-0.1, -0.05) is 47.0 Å². The number of carbonyl (C=O) groups excluding carboxylic acids is 1. The maximum Gasteiger partial charge on any atom is 0.452 e. The Morgan fingerprint density at radius 2 is 1.92 bits per heavy atom. The van der Waals surface area contributed by atoms with Crippen LogP contribution in [0, 0.1) is 0 Å². The molecule has 0 spiro atoms. The van der Waals surface area contributed by atoms with Gasteiger partial charge in [0.05, 0.1) is 18.7 Å². The topological polar surface area (TPSA) is 76.2 Å². The Balaban J connectivity index is 2.03. The maximum absolute atomic E-state index is 11.4. The summed E-state index contributed by atoms with van der Waals surface area (Å²) in [7, 11) is 0. The molecular formula is C18H16ClN3O3.